The summed E-state index contributed by atoms with van der Waals surface area (Å²) in [5, 5.41) is 106. The summed E-state index contributed by atoms with van der Waals surface area (Å²) in [7, 11) is 7.69. The minimum Gasteiger partial charge on any atom is -0.478 e. The molecule has 0 aromatic carbocycles. The van der Waals surface area contributed by atoms with Crippen LogP contribution in [0.2, 0.25) is 0 Å². The topological polar surface area (TPSA) is 378 Å². The lowest BCUT2D eigenvalue weighted by Crippen LogP contribution is -2.70. The third-order valence-electron chi connectivity index (χ3n) is 15.4. The number of carboxylic acids is 1. The Morgan fingerprint density at radius 2 is 1.92 bits per heavy atom. The summed E-state index contributed by atoms with van der Waals surface area (Å²) in [5.41, 5.74) is 11.8. The van der Waals surface area contributed by atoms with Gasteiger partial charge in [0, 0.05) is 67.1 Å². The number of aliphatic hydroxyl groups excluding tert-OH is 6. The second kappa shape index (κ2) is 26.3. The first-order valence-electron chi connectivity index (χ1n) is 25.5. The third-order valence-corrected chi connectivity index (χ3v) is 21.3. The number of aliphatic imine (C=N–C) groups is 2. The SMILES string of the molecule is CN[C@@H](CO)O[C@H]1[C@H](O[C@@H]2OC=C3C(=O)O[C@H]4CC[C@H](CO)[C@@H]4CSS[C@@H]4[C@@H]5C[C@@H]6C[C@H](CC[C@@]2(/C=C/CSS5)[C@@H]3/C=C/C2=C(NC(N)=NCCCO)C(C(=O)O)=CN(C2)[C@H]4CO)NC(N)=N6)O[C@H](CO)[C@@H](O)C1(O)O. The van der Waals surface area contributed by atoms with Gasteiger partial charge in [0.15, 0.2) is 24.3 Å². The number of guanidine groups is 2. The molecule has 1 saturated heterocycles. The lowest BCUT2D eigenvalue weighted by atomic mass is 9.66. The molecule has 28 heteroatoms. The van der Waals surface area contributed by atoms with Crippen LogP contribution in [0, 0.1) is 23.2 Å². The molecule has 0 amide bonds. The minimum atomic E-state index is -3.15. The highest BCUT2D eigenvalue weighted by Gasteiger charge is 2.60. The maximum Gasteiger partial charge on any atom is 0.339 e. The van der Waals surface area contributed by atoms with Crippen LogP contribution in [0.3, 0.4) is 0 Å². The summed E-state index contributed by atoms with van der Waals surface area (Å²) < 4.78 is 32.0. The predicted molar refractivity (Wildman–Crippen MR) is 285 cm³/mol. The van der Waals surface area contributed by atoms with E-state index in [1.165, 1.54) is 30.3 Å². The first-order valence-corrected chi connectivity index (χ1v) is 30.3. The normalized spacial score (nSPS) is 38.2. The van der Waals surface area contributed by atoms with Gasteiger partial charge >= 0.3 is 11.9 Å². The molecule has 76 heavy (non-hydrogen) atoms. The smallest absolute Gasteiger partial charge is 0.339 e. The second-order valence-corrected chi connectivity index (χ2v) is 25.3. The summed E-state index contributed by atoms with van der Waals surface area (Å²) in [4.78, 5) is 39.9. The van der Waals surface area contributed by atoms with Crippen molar-refractivity contribution in [2.24, 2.45) is 44.6 Å². The van der Waals surface area contributed by atoms with Crippen molar-refractivity contribution >= 4 is 67.0 Å². The third kappa shape index (κ3) is 12.8. The molecule has 0 unspecified atom stereocenters. The Kier molecular flexibility index (Phi) is 20.4. The number of ether oxygens (including phenoxy) is 5. The van der Waals surface area contributed by atoms with E-state index in [9.17, 15) is 50.8 Å². The second-order valence-electron chi connectivity index (χ2n) is 20.1. The minimum absolute atomic E-state index is 0.0106. The zero-order chi connectivity index (χ0) is 54.3. The molecule has 8 rings (SSSR count). The number of aliphatic hydroxyl groups is 8. The Bertz CT molecular complexity index is 2280. The van der Waals surface area contributed by atoms with E-state index in [0.29, 0.717) is 49.2 Å². The van der Waals surface area contributed by atoms with E-state index in [4.69, 9.17) is 40.1 Å². The summed E-state index contributed by atoms with van der Waals surface area (Å²) in [6.45, 7) is -2.09. The van der Waals surface area contributed by atoms with Crippen LogP contribution in [0.4, 0.5) is 0 Å². The molecule has 0 aromatic heterocycles. The summed E-state index contributed by atoms with van der Waals surface area (Å²) in [6, 6.07) is -1.33. The number of fused-ring (bicyclic) bond motifs is 9. The number of likely N-dealkylation sites (N-methyl/N-ethyl adjacent to an activating group) is 1. The molecule has 2 fully saturated rings. The van der Waals surface area contributed by atoms with E-state index in [-0.39, 0.29) is 104 Å². The van der Waals surface area contributed by atoms with E-state index in [0.717, 1.165) is 0 Å². The Balaban J connectivity index is 1.40. The number of nitrogens with one attached hydrogen (secondary N) is 3. The van der Waals surface area contributed by atoms with Crippen LogP contribution in [-0.2, 0) is 33.3 Å². The van der Waals surface area contributed by atoms with Gasteiger partial charge < -0.3 is 96.6 Å². The molecule has 1 aliphatic carbocycles. The van der Waals surface area contributed by atoms with E-state index >= 15 is 4.79 Å². The number of nitrogens with two attached hydrogens (primary N) is 2. The quantitative estimate of drug-likeness (QED) is 0.0179. The molecule has 0 radical (unpaired) electrons. The van der Waals surface area contributed by atoms with Gasteiger partial charge in [-0.2, -0.15) is 0 Å². The zero-order valence-electron chi connectivity index (χ0n) is 42.0. The summed E-state index contributed by atoms with van der Waals surface area (Å²) >= 11 is 0. The number of carbonyl (C=O) groups excluding carboxylic acids is 1. The van der Waals surface area contributed by atoms with Crippen LogP contribution in [0.5, 0.6) is 0 Å². The Hall–Kier alpha value is -3.30. The van der Waals surface area contributed by atoms with Crippen LogP contribution in [0.15, 0.2) is 69.2 Å². The summed E-state index contributed by atoms with van der Waals surface area (Å²) in [6.07, 6.45) is 1.74. The molecule has 1 saturated carbocycles. The van der Waals surface area contributed by atoms with Gasteiger partial charge in [-0.15, -0.1) is 0 Å². The van der Waals surface area contributed by atoms with Crippen molar-refractivity contribution in [3.63, 3.8) is 0 Å². The number of rotatable bonds is 14. The fourth-order valence-electron chi connectivity index (χ4n) is 11.3. The number of carbonyl (C=O) groups is 2. The van der Waals surface area contributed by atoms with E-state index in [2.05, 4.69) is 20.9 Å². The molecule has 16 N–H and O–H groups in total. The van der Waals surface area contributed by atoms with Gasteiger partial charge in [-0.05, 0) is 63.5 Å². The van der Waals surface area contributed by atoms with Gasteiger partial charge in [0.05, 0.1) is 65.7 Å². The van der Waals surface area contributed by atoms with Gasteiger partial charge in [-0.1, -0.05) is 67.5 Å². The molecule has 0 aromatic rings. The molecule has 424 valence electrons. The largest absolute Gasteiger partial charge is 0.478 e. The number of aliphatic carboxylic acids is 1. The highest BCUT2D eigenvalue weighted by atomic mass is 33.1. The van der Waals surface area contributed by atoms with Crippen molar-refractivity contribution in [1.29, 1.82) is 0 Å². The Labute approximate surface area is 456 Å². The van der Waals surface area contributed by atoms with Crippen LogP contribution in [-0.4, -0.2) is 217 Å². The highest BCUT2D eigenvalue weighted by Crippen LogP contribution is 2.53. The standard InChI is InChI=1S/C48H72N8O16S4/c1-51-36(21-61)71-40-43(70-34(20-60)39(62)48(40,66)67)72-44-47-9-2-13-73-75-35(15-27-14-26(8-10-47)53-46(50)54-27)38-32(19-59)56-16-24(37(28(17-56)41(63)64)55-45(49)52-11-3-12-57)4-6-31(47)29(22-68-44)42(65)69-33-7-5-25(18-58)30(33)23-74-76-38/h2,4,6,9,17,22,25-27,30-36,38-40,43-44,51,57-62,66-67H,3,5,7-8,10-16,18-21,23H2,1H3,(H,63,64)(H3,49,52,55)(H3,50,53,54)/b6-4+,9-2+/t25-,26+,27+,30+,31-,32+,33+,34-,35+,36-,38+,39-,40+,43+,44+,47+/m1/s1. The fourth-order valence-corrected chi connectivity index (χ4v) is 18.1. The van der Waals surface area contributed by atoms with Gasteiger partial charge in [0.2, 0.25) is 12.1 Å². The number of allylic oxidation sites excluding steroid dienone is 1. The number of nitrogens with zero attached hydrogens (tertiary/aromatic N) is 3. The van der Waals surface area contributed by atoms with Crippen LogP contribution in [0.1, 0.15) is 44.9 Å². The van der Waals surface area contributed by atoms with Crippen LogP contribution >= 0.6 is 43.2 Å². The molecule has 1 spiro atoms. The van der Waals surface area contributed by atoms with E-state index in [1.807, 2.05) is 17.1 Å². The Morgan fingerprint density at radius 3 is 2.64 bits per heavy atom. The lowest BCUT2D eigenvalue weighted by Gasteiger charge is -2.51. The van der Waals surface area contributed by atoms with Gasteiger partial charge in [-0.3, -0.25) is 15.3 Å². The number of hydrogen-bond donors (Lipinski definition) is 14. The molecule has 8 bridgehead atoms. The van der Waals surface area contributed by atoms with Gasteiger partial charge in [-0.25, -0.2) is 9.59 Å². The van der Waals surface area contributed by atoms with Gasteiger partial charge in [0.25, 0.3) is 0 Å². The van der Waals surface area contributed by atoms with E-state index in [1.54, 1.807) is 44.5 Å². The van der Waals surface area contributed by atoms with Gasteiger partial charge in [0.1, 0.15) is 24.5 Å². The van der Waals surface area contributed by atoms with Crippen molar-refractivity contribution < 1.29 is 79.2 Å². The fraction of sp³-hybridized carbons (Fsp3) is 0.708. The molecule has 16 atom stereocenters. The number of esters is 1. The number of hydrogen-bond acceptors (Lipinski definition) is 25. The van der Waals surface area contributed by atoms with Crippen molar-refractivity contribution in [2.75, 3.05) is 64.7 Å². The monoisotopic (exact) mass is 1140 g/mol. The van der Waals surface area contributed by atoms with Crippen LogP contribution < -0.4 is 27.4 Å². The summed E-state index contributed by atoms with van der Waals surface area (Å²) in [5.74, 6) is -5.89. The first kappa shape index (κ1) is 58.8. The number of carboxylic acid groups (broad SMARTS) is 1. The maximum atomic E-state index is 15.3. The van der Waals surface area contributed by atoms with E-state index < -0.39 is 96.8 Å². The maximum absolute atomic E-state index is 15.3. The first-order chi connectivity index (χ1) is 36.6. The van der Waals surface area contributed by atoms with Crippen LogP contribution in [0.25, 0.3) is 0 Å². The van der Waals surface area contributed by atoms with Crippen molar-refractivity contribution in [1.82, 2.24) is 20.9 Å². The molecular weight excluding hydrogens is 1070 g/mol. The average Bonchev–Trinajstić information content (AvgIpc) is 3.80. The molecule has 8 aliphatic rings. The lowest BCUT2D eigenvalue weighted by molar-refractivity contribution is -0.419. The predicted octanol–water partition coefficient (Wildman–Crippen LogP) is -1.49. The molecule has 7 heterocycles. The van der Waals surface area contributed by atoms with Crippen molar-refractivity contribution in [2.45, 2.75) is 123 Å². The molecule has 7 aliphatic heterocycles. The highest BCUT2D eigenvalue weighted by molar-refractivity contribution is 8.78. The molecular formula is C48H72N8O16S4. The zero-order valence-corrected chi connectivity index (χ0v) is 45.2. The Morgan fingerprint density at radius 1 is 1.11 bits per heavy atom. The van der Waals surface area contributed by atoms with Crippen molar-refractivity contribution in [3.8, 4) is 0 Å². The average molecular weight is 1150 g/mol. The molecule has 24 nitrogen and oxygen atoms in total. The van der Waals surface area contributed by atoms with Crippen molar-refractivity contribution in [3.05, 3.63) is 59.2 Å².